The standard InChI is InChI=1S/C12H14N2O6S/c1-2-20-12(17)14-21(18,19)13-10-6-3-9(4-7-10)5-8-11(15)16/h3-8,13H,2H2,1H3,(H,14,17)(H,15,16)/b8-5+. The second-order valence-electron chi connectivity index (χ2n) is 3.72. The van der Waals surface area contributed by atoms with E-state index in [9.17, 15) is 18.0 Å². The van der Waals surface area contributed by atoms with Crippen molar-refractivity contribution in [1.29, 1.82) is 0 Å². The van der Waals surface area contributed by atoms with Crippen molar-refractivity contribution in [3.05, 3.63) is 35.9 Å². The first kappa shape index (κ1) is 16.5. The van der Waals surface area contributed by atoms with E-state index in [1.54, 1.807) is 11.6 Å². The van der Waals surface area contributed by atoms with Crippen LogP contribution in [0.2, 0.25) is 0 Å². The van der Waals surface area contributed by atoms with Gasteiger partial charge < -0.3 is 9.84 Å². The Hall–Kier alpha value is -2.55. The Balaban J connectivity index is 2.70. The van der Waals surface area contributed by atoms with Gasteiger partial charge in [-0.05, 0) is 30.7 Å². The molecule has 0 aromatic heterocycles. The summed E-state index contributed by atoms with van der Waals surface area (Å²) in [5, 5.41) is 8.48. The van der Waals surface area contributed by atoms with Crippen molar-refractivity contribution in [3.63, 3.8) is 0 Å². The number of hydrogen-bond acceptors (Lipinski definition) is 5. The molecule has 0 atom stereocenters. The molecule has 0 aliphatic carbocycles. The fraction of sp³-hybridized carbons (Fsp3) is 0.167. The number of aliphatic carboxylic acids is 1. The van der Waals surface area contributed by atoms with E-state index in [1.807, 2.05) is 0 Å². The molecule has 1 aromatic carbocycles. The van der Waals surface area contributed by atoms with Crippen molar-refractivity contribution < 1.29 is 27.9 Å². The van der Waals surface area contributed by atoms with E-state index in [0.29, 0.717) is 5.56 Å². The SMILES string of the molecule is CCOC(=O)NS(=O)(=O)Nc1ccc(/C=C/C(=O)O)cc1. The summed E-state index contributed by atoms with van der Waals surface area (Å²) in [7, 11) is -4.08. The monoisotopic (exact) mass is 314 g/mol. The quantitative estimate of drug-likeness (QED) is 0.678. The first-order valence-corrected chi connectivity index (χ1v) is 7.29. The Morgan fingerprint density at radius 2 is 1.90 bits per heavy atom. The van der Waals surface area contributed by atoms with Gasteiger partial charge in [-0.1, -0.05) is 12.1 Å². The molecule has 1 rings (SSSR count). The number of nitrogens with one attached hydrogen (secondary N) is 2. The third-order valence-electron chi connectivity index (χ3n) is 2.07. The van der Waals surface area contributed by atoms with E-state index in [2.05, 4.69) is 9.46 Å². The highest BCUT2D eigenvalue weighted by atomic mass is 32.2. The fourth-order valence-electron chi connectivity index (χ4n) is 1.28. The van der Waals surface area contributed by atoms with Gasteiger partial charge in [-0.2, -0.15) is 8.42 Å². The Kier molecular flexibility index (Phi) is 5.73. The van der Waals surface area contributed by atoms with E-state index < -0.39 is 22.3 Å². The Bertz CT molecular complexity index is 636. The van der Waals surface area contributed by atoms with Crippen LogP contribution < -0.4 is 9.44 Å². The Morgan fingerprint density at radius 3 is 2.43 bits per heavy atom. The number of carbonyl (C=O) groups excluding carboxylic acids is 1. The molecule has 0 aliphatic heterocycles. The molecule has 114 valence electrons. The lowest BCUT2D eigenvalue weighted by atomic mass is 10.2. The lowest BCUT2D eigenvalue weighted by Crippen LogP contribution is -2.35. The summed E-state index contributed by atoms with van der Waals surface area (Å²) in [6, 6.07) is 5.88. The molecule has 0 fully saturated rings. The lowest BCUT2D eigenvalue weighted by Gasteiger charge is -2.09. The second kappa shape index (κ2) is 7.29. The van der Waals surface area contributed by atoms with Crippen LogP contribution in [0.25, 0.3) is 6.08 Å². The highest BCUT2D eigenvalue weighted by Gasteiger charge is 2.14. The molecule has 3 N–H and O–H groups in total. The maximum atomic E-state index is 11.6. The average molecular weight is 314 g/mol. The van der Waals surface area contributed by atoms with Crippen LogP contribution >= 0.6 is 0 Å². The zero-order valence-corrected chi connectivity index (χ0v) is 11.9. The molecule has 0 saturated carbocycles. The van der Waals surface area contributed by atoms with Gasteiger partial charge in [0, 0.05) is 6.08 Å². The number of carbonyl (C=O) groups is 2. The smallest absolute Gasteiger partial charge is 0.422 e. The number of ether oxygens (including phenoxy) is 1. The first-order valence-electron chi connectivity index (χ1n) is 5.81. The number of amides is 1. The van der Waals surface area contributed by atoms with Gasteiger partial charge in [0.05, 0.1) is 12.3 Å². The van der Waals surface area contributed by atoms with Gasteiger partial charge in [-0.15, -0.1) is 0 Å². The van der Waals surface area contributed by atoms with Gasteiger partial charge >= 0.3 is 22.3 Å². The fourth-order valence-corrected chi connectivity index (χ4v) is 2.06. The lowest BCUT2D eigenvalue weighted by molar-refractivity contribution is -0.131. The van der Waals surface area contributed by atoms with Crippen LogP contribution in [0.3, 0.4) is 0 Å². The Labute approximate surface area is 121 Å². The molecule has 1 amide bonds. The second-order valence-corrected chi connectivity index (χ2v) is 5.14. The number of benzene rings is 1. The minimum Gasteiger partial charge on any atom is -0.478 e. The predicted molar refractivity (Wildman–Crippen MR) is 75.8 cm³/mol. The van der Waals surface area contributed by atoms with Crippen molar-refractivity contribution in [2.45, 2.75) is 6.92 Å². The third-order valence-corrected chi connectivity index (χ3v) is 3.01. The van der Waals surface area contributed by atoms with E-state index in [1.165, 1.54) is 30.3 Å². The van der Waals surface area contributed by atoms with E-state index in [-0.39, 0.29) is 12.3 Å². The maximum absolute atomic E-state index is 11.6. The number of carboxylic acids is 1. The van der Waals surface area contributed by atoms with Crippen LogP contribution in [-0.2, 0) is 19.7 Å². The molecular weight excluding hydrogens is 300 g/mol. The van der Waals surface area contributed by atoms with Crippen LogP contribution in [0.4, 0.5) is 10.5 Å². The average Bonchev–Trinajstić information content (AvgIpc) is 2.37. The highest BCUT2D eigenvalue weighted by Crippen LogP contribution is 2.12. The summed E-state index contributed by atoms with van der Waals surface area (Å²) in [5.41, 5.74) is 0.790. The van der Waals surface area contributed by atoms with Gasteiger partial charge in [0.2, 0.25) is 0 Å². The van der Waals surface area contributed by atoms with Crippen LogP contribution in [0.1, 0.15) is 12.5 Å². The third kappa shape index (κ3) is 6.43. The topological polar surface area (TPSA) is 122 Å². The largest absolute Gasteiger partial charge is 0.478 e. The van der Waals surface area contributed by atoms with E-state index in [4.69, 9.17) is 5.11 Å². The molecule has 0 unspecified atom stereocenters. The molecule has 21 heavy (non-hydrogen) atoms. The molecule has 8 nitrogen and oxygen atoms in total. The molecule has 0 radical (unpaired) electrons. The number of carboxylic acid groups (broad SMARTS) is 1. The Morgan fingerprint density at radius 1 is 1.29 bits per heavy atom. The normalized spacial score (nSPS) is 11.1. The van der Waals surface area contributed by atoms with Crippen molar-refractivity contribution in [2.24, 2.45) is 0 Å². The first-order chi connectivity index (χ1) is 9.82. The molecule has 0 saturated heterocycles. The predicted octanol–water partition coefficient (Wildman–Crippen LogP) is 1.19. The highest BCUT2D eigenvalue weighted by molar-refractivity contribution is 7.91. The van der Waals surface area contributed by atoms with Gasteiger partial charge in [-0.3, -0.25) is 4.72 Å². The number of rotatable bonds is 6. The van der Waals surface area contributed by atoms with Gasteiger partial charge in [0.1, 0.15) is 0 Å². The number of anilines is 1. The summed E-state index contributed by atoms with van der Waals surface area (Å²) < 4.78 is 31.4. The van der Waals surface area contributed by atoms with Gasteiger partial charge in [0.15, 0.2) is 0 Å². The van der Waals surface area contributed by atoms with Crippen LogP contribution in [0, 0.1) is 0 Å². The zero-order valence-electron chi connectivity index (χ0n) is 11.1. The minimum absolute atomic E-state index is 0.0476. The summed E-state index contributed by atoms with van der Waals surface area (Å²) in [5.74, 6) is -1.08. The van der Waals surface area contributed by atoms with Crippen molar-refractivity contribution in [3.8, 4) is 0 Å². The molecule has 0 spiro atoms. The van der Waals surface area contributed by atoms with Crippen LogP contribution in [0.5, 0.6) is 0 Å². The minimum atomic E-state index is -4.08. The maximum Gasteiger partial charge on any atom is 0.422 e. The molecule has 0 heterocycles. The van der Waals surface area contributed by atoms with Crippen LogP contribution in [0.15, 0.2) is 30.3 Å². The summed E-state index contributed by atoms with van der Waals surface area (Å²) in [4.78, 5) is 21.4. The van der Waals surface area contributed by atoms with E-state index in [0.717, 1.165) is 6.08 Å². The van der Waals surface area contributed by atoms with Crippen molar-refractivity contribution >= 4 is 34.0 Å². The molecular formula is C12H14N2O6S. The van der Waals surface area contributed by atoms with Gasteiger partial charge in [0.25, 0.3) is 0 Å². The molecule has 1 aromatic rings. The van der Waals surface area contributed by atoms with Crippen molar-refractivity contribution in [1.82, 2.24) is 4.72 Å². The van der Waals surface area contributed by atoms with E-state index >= 15 is 0 Å². The number of hydrogen-bond donors (Lipinski definition) is 3. The van der Waals surface area contributed by atoms with Gasteiger partial charge in [-0.25, -0.2) is 14.3 Å². The summed E-state index contributed by atoms with van der Waals surface area (Å²) in [6.07, 6.45) is 1.24. The molecule has 0 bridgehead atoms. The van der Waals surface area contributed by atoms with Crippen molar-refractivity contribution in [2.75, 3.05) is 11.3 Å². The molecule has 0 aliphatic rings. The van der Waals surface area contributed by atoms with Crippen LogP contribution in [-0.4, -0.2) is 32.2 Å². The summed E-state index contributed by atoms with van der Waals surface area (Å²) in [6.45, 7) is 1.59. The molecule has 9 heteroatoms. The zero-order chi connectivity index (χ0) is 15.9. The summed E-state index contributed by atoms with van der Waals surface area (Å²) >= 11 is 0.